The Kier molecular flexibility index (Phi) is 5.48. The van der Waals surface area contributed by atoms with Crippen molar-refractivity contribution in [3.8, 4) is 0 Å². The van der Waals surface area contributed by atoms with Gasteiger partial charge in [-0.3, -0.25) is 4.79 Å². The van der Waals surface area contributed by atoms with Crippen LogP contribution >= 0.6 is 15.9 Å². The van der Waals surface area contributed by atoms with E-state index in [1.54, 1.807) is 0 Å². The molecule has 0 aliphatic carbocycles. The summed E-state index contributed by atoms with van der Waals surface area (Å²) in [5, 5.41) is 2.90. The molecule has 0 spiro atoms. The van der Waals surface area contributed by atoms with Gasteiger partial charge in [-0.05, 0) is 32.9 Å². The largest absolute Gasteiger partial charge is 0.354 e. The van der Waals surface area contributed by atoms with Gasteiger partial charge >= 0.3 is 0 Å². The Labute approximate surface area is 94.4 Å². The van der Waals surface area contributed by atoms with Gasteiger partial charge in [0.15, 0.2) is 0 Å². The van der Waals surface area contributed by atoms with E-state index in [-0.39, 0.29) is 10.7 Å². The fraction of sp³-hybridized carbons (Fsp3) is 0.900. The molecule has 1 N–H and O–H groups in total. The second-order valence-corrected chi connectivity index (χ2v) is 5.18. The summed E-state index contributed by atoms with van der Waals surface area (Å²) in [6.45, 7) is 6.00. The monoisotopic (exact) mass is 262 g/mol. The predicted octanol–water partition coefficient (Wildman–Crippen LogP) is 1.37. The number of hydrogen-bond acceptors (Lipinski definition) is 2. The maximum atomic E-state index is 11.2. The van der Waals surface area contributed by atoms with E-state index >= 15 is 0 Å². The molecule has 4 heteroatoms. The van der Waals surface area contributed by atoms with Crippen LogP contribution in [-0.2, 0) is 4.79 Å². The maximum absolute atomic E-state index is 11.2. The van der Waals surface area contributed by atoms with Crippen LogP contribution < -0.4 is 5.32 Å². The minimum Gasteiger partial charge on any atom is -0.354 e. The zero-order valence-corrected chi connectivity index (χ0v) is 10.3. The van der Waals surface area contributed by atoms with Gasteiger partial charge < -0.3 is 10.2 Å². The number of carbonyl (C=O) groups is 1. The van der Waals surface area contributed by atoms with Crippen LogP contribution in [0.1, 0.15) is 26.2 Å². The SMILES string of the molecule is CC(Br)C(=O)NCCN1CCCCC1. The molecular weight excluding hydrogens is 244 g/mol. The van der Waals surface area contributed by atoms with Gasteiger partial charge in [-0.1, -0.05) is 22.4 Å². The van der Waals surface area contributed by atoms with E-state index in [9.17, 15) is 4.79 Å². The molecule has 1 fully saturated rings. The average molecular weight is 263 g/mol. The summed E-state index contributed by atoms with van der Waals surface area (Å²) in [6, 6.07) is 0. The molecule has 1 unspecified atom stereocenters. The van der Waals surface area contributed by atoms with Crippen molar-refractivity contribution in [3.05, 3.63) is 0 Å². The lowest BCUT2D eigenvalue weighted by molar-refractivity contribution is -0.120. The summed E-state index contributed by atoms with van der Waals surface area (Å²) in [7, 11) is 0. The highest BCUT2D eigenvalue weighted by atomic mass is 79.9. The van der Waals surface area contributed by atoms with Gasteiger partial charge in [-0.25, -0.2) is 0 Å². The highest BCUT2D eigenvalue weighted by Crippen LogP contribution is 2.07. The maximum Gasteiger partial charge on any atom is 0.233 e. The summed E-state index contributed by atoms with van der Waals surface area (Å²) in [5.74, 6) is 0.0852. The van der Waals surface area contributed by atoms with Crippen molar-refractivity contribution in [1.29, 1.82) is 0 Å². The normalized spacial score (nSPS) is 20.4. The molecule has 0 aromatic rings. The van der Waals surface area contributed by atoms with Crippen molar-refractivity contribution >= 4 is 21.8 Å². The number of halogens is 1. The first kappa shape index (κ1) is 12.0. The number of alkyl halides is 1. The lowest BCUT2D eigenvalue weighted by Gasteiger charge is -2.26. The van der Waals surface area contributed by atoms with Gasteiger partial charge in [0, 0.05) is 13.1 Å². The molecule has 0 aromatic heterocycles. The number of nitrogens with zero attached hydrogens (tertiary/aromatic N) is 1. The standard InChI is InChI=1S/C10H19BrN2O/c1-9(11)10(14)12-5-8-13-6-3-2-4-7-13/h9H,2-8H2,1H3,(H,12,14). The number of likely N-dealkylation sites (tertiary alicyclic amines) is 1. The second-order valence-electron chi connectivity index (χ2n) is 3.81. The summed E-state index contributed by atoms with van der Waals surface area (Å²) in [5.41, 5.74) is 0. The molecule has 1 heterocycles. The van der Waals surface area contributed by atoms with Crippen LogP contribution in [0.25, 0.3) is 0 Å². The quantitative estimate of drug-likeness (QED) is 0.777. The van der Waals surface area contributed by atoms with E-state index in [4.69, 9.17) is 0 Å². The molecule has 0 saturated carbocycles. The Hall–Kier alpha value is -0.0900. The Bertz CT molecular complexity index is 179. The van der Waals surface area contributed by atoms with E-state index in [1.165, 1.54) is 32.4 Å². The van der Waals surface area contributed by atoms with Gasteiger partial charge in [0.25, 0.3) is 0 Å². The Balaban J connectivity index is 2.05. The zero-order valence-electron chi connectivity index (χ0n) is 8.76. The van der Waals surface area contributed by atoms with Crippen LogP contribution in [0.3, 0.4) is 0 Å². The third-order valence-corrected chi connectivity index (χ3v) is 2.95. The molecule has 1 saturated heterocycles. The topological polar surface area (TPSA) is 32.3 Å². The molecule has 1 aliphatic rings. The van der Waals surface area contributed by atoms with Crippen molar-refractivity contribution in [2.24, 2.45) is 0 Å². The third kappa shape index (κ3) is 4.42. The zero-order chi connectivity index (χ0) is 10.4. The molecule has 82 valence electrons. The first-order valence-corrected chi connectivity index (χ1v) is 6.26. The highest BCUT2D eigenvalue weighted by Gasteiger charge is 2.11. The number of nitrogens with one attached hydrogen (secondary N) is 1. The molecule has 1 amide bonds. The molecular formula is C10H19BrN2O. The summed E-state index contributed by atoms with van der Waals surface area (Å²) >= 11 is 3.24. The van der Waals surface area contributed by atoms with Gasteiger partial charge in [0.05, 0.1) is 4.83 Å². The number of amides is 1. The second kappa shape index (κ2) is 6.40. The summed E-state index contributed by atoms with van der Waals surface area (Å²) < 4.78 is 0. The average Bonchev–Trinajstić information content (AvgIpc) is 2.19. The van der Waals surface area contributed by atoms with Crippen LogP contribution in [0.4, 0.5) is 0 Å². The van der Waals surface area contributed by atoms with Gasteiger partial charge in [-0.2, -0.15) is 0 Å². The fourth-order valence-electron chi connectivity index (χ4n) is 1.66. The molecule has 1 rings (SSSR count). The minimum absolute atomic E-state index is 0.0798. The number of rotatable bonds is 4. The molecule has 1 atom stereocenters. The van der Waals surface area contributed by atoms with Crippen LogP contribution in [0.2, 0.25) is 0 Å². The minimum atomic E-state index is -0.0798. The van der Waals surface area contributed by atoms with E-state index in [0.717, 1.165) is 13.1 Å². The van der Waals surface area contributed by atoms with E-state index < -0.39 is 0 Å². The van der Waals surface area contributed by atoms with Gasteiger partial charge in [-0.15, -0.1) is 0 Å². The predicted molar refractivity (Wildman–Crippen MR) is 61.7 cm³/mol. The van der Waals surface area contributed by atoms with Crippen molar-refractivity contribution < 1.29 is 4.79 Å². The molecule has 0 aromatic carbocycles. The number of carbonyl (C=O) groups excluding carboxylic acids is 1. The van der Waals surface area contributed by atoms with E-state index in [0.29, 0.717) is 0 Å². The Morgan fingerprint density at radius 3 is 2.64 bits per heavy atom. The van der Waals surface area contributed by atoms with Crippen molar-refractivity contribution in [3.63, 3.8) is 0 Å². The van der Waals surface area contributed by atoms with Crippen molar-refractivity contribution in [2.75, 3.05) is 26.2 Å². The first-order valence-electron chi connectivity index (χ1n) is 5.34. The van der Waals surface area contributed by atoms with Crippen LogP contribution in [0, 0.1) is 0 Å². The highest BCUT2D eigenvalue weighted by molar-refractivity contribution is 9.10. The van der Waals surface area contributed by atoms with Crippen molar-refractivity contribution in [2.45, 2.75) is 31.0 Å². The van der Waals surface area contributed by atoms with Gasteiger partial charge in [0.2, 0.25) is 5.91 Å². The molecule has 0 radical (unpaired) electrons. The Morgan fingerprint density at radius 1 is 1.43 bits per heavy atom. The van der Waals surface area contributed by atoms with Crippen LogP contribution in [-0.4, -0.2) is 41.8 Å². The lowest BCUT2D eigenvalue weighted by atomic mass is 10.1. The molecule has 14 heavy (non-hydrogen) atoms. The molecule has 3 nitrogen and oxygen atoms in total. The number of piperidine rings is 1. The molecule has 0 bridgehead atoms. The molecule has 1 aliphatic heterocycles. The Morgan fingerprint density at radius 2 is 2.07 bits per heavy atom. The summed E-state index contributed by atoms with van der Waals surface area (Å²) in [4.78, 5) is 13.5. The summed E-state index contributed by atoms with van der Waals surface area (Å²) in [6.07, 6.45) is 3.98. The van der Waals surface area contributed by atoms with Crippen LogP contribution in [0.5, 0.6) is 0 Å². The smallest absolute Gasteiger partial charge is 0.233 e. The lowest BCUT2D eigenvalue weighted by Crippen LogP contribution is -2.39. The van der Waals surface area contributed by atoms with E-state index in [1.807, 2.05) is 6.92 Å². The van der Waals surface area contributed by atoms with E-state index in [2.05, 4.69) is 26.1 Å². The fourth-order valence-corrected chi connectivity index (χ4v) is 1.82. The first-order chi connectivity index (χ1) is 6.70. The van der Waals surface area contributed by atoms with Crippen molar-refractivity contribution in [1.82, 2.24) is 10.2 Å². The third-order valence-electron chi connectivity index (χ3n) is 2.54. The number of hydrogen-bond donors (Lipinski definition) is 1. The van der Waals surface area contributed by atoms with Gasteiger partial charge in [0.1, 0.15) is 0 Å². The van der Waals surface area contributed by atoms with Crippen LogP contribution in [0.15, 0.2) is 0 Å².